The Bertz CT molecular complexity index is 1000. The van der Waals surface area contributed by atoms with Gasteiger partial charge in [0.25, 0.3) is 0 Å². The van der Waals surface area contributed by atoms with Crippen LogP contribution in [0.2, 0.25) is 0 Å². The number of methoxy groups -OCH3 is 1. The van der Waals surface area contributed by atoms with Gasteiger partial charge in [-0.2, -0.15) is 0 Å². The summed E-state index contributed by atoms with van der Waals surface area (Å²) in [6.07, 6.45) is 2.72. The lowest BCUT2D eigenvalue weighted by molar-refractivity contribution is 0.419. The first-order chi connectivity index (χ1) is 11.4. The molecule has 0 spiro atoms. The van der Waals surface area contributed by atoms with E-state index < -0.39 is 10.0 Å². The number of anilines is 1. The van der Waals surface area contributed by atoms with Crippen LogP contribution in [0.5, 0.6) is 5.75 Å². The number of aryl methyl sites for hydroxylation is 1. The molecule has 124 valence electrons. The first-order valence-corrected chi connectivity index (χ1v) is 9.15. The average molecular weight is 343 g/mol. The molecule has 0 radical (unpaired) electrons. The second-order valence-corrected chi connectivity index (χ2v) is 7.22. The Morgan fingerprint density at radius 2 is 1.88 bits per heavy atom. The van der Waals surface area contributed by atoms with E-state index in [1.807, 2.05) is 37.3 Å². The molecule has 0 saturated carbocycles. The number of hydrogen-bond donors (Lipinski definition) is 1. The molecule has 2 aromatic heterocycles. The maximum Gasteiger partial charge on any atom is 0.230 e. The highest BCUT2D eigenvalue weighted by atomic mass is 32.2. The third-order valence-electron chi connectivity index (χ3n) is 3.54. The van der Waals surface area contributed by atoms with Crippen molar-refractivity contribution in [1.29, 1.82) is 0 Å². The fourth-order valence-corrected chi connectivity index (χ4v) is 3.01. The summed E-state index contributed by atoms with van der Waals surface area (Å²) in [6, 6.07) is 11.2. The summed E-state index contributed by atoms with van der Waals surface area (Å²) in [5.74, 6) is 0.994. The molecule has 6 nitrogen and oxygen atoms in total. The number of nitrogens with one attached hydrogen (secondary N) is 1. The Balaban J connectivity index is 2.10. The molecule has 0 aliphatic carbocycles. The molecule has 0 unspecified atom stereocenters. The van der Waals surface area contributed by atoms with Gasteiger partial charge in [-0.3, -0.25) is 4.72 Å². The number of rotatable bonds is 4. The summed E-state index contributed by atoms with van der Waals surface area (Å²) in [5.41, 5.74) is 3.51. The second-order valence-electron chi connectivity index (χ2n) is 5.47. The molecule has 24 heavy (non-hydrogen) atoms. The number of sulfonamides is 1. The fraction of sp³-hybridized carbons (Fsp3) is 0.176. The number of pyridine rings is 2. The monoisotopic (exact) mass is 343 g/mol. The molecule has 2 heterocycles. The van der Waals surface area contributed by atoms with Gasteiger partial charge in [0.05, 0.1) is 13.4 Å². The van der Waals surface area contributed by atoms with Gasteiger partial charge in [0.1, 0.15) is 17.1 Å². The SMILES string of the molecule is COc1ccc(-c2ccc(NS(C)(=O)=O)nc2)c2ccc(C)nc12. The van der Waals surface area contributed by atoms with Crippen molar-refractivity contribution in [3.05, 3.63) is 48.3 Å². The molecule has 0 atom stereocenters. The van der Waals surface area contributed by atoms with Crippen molar-refractivity contribution in [2.24, 2.45) is 0 Å². The lowest BCUT2D eigenvalue weighted by Gasteiger charge is -2.11. The molecule has 3 rings (SSSR count). The van der Waals surface area contributed by atoms with E-state index in [2.05, 4.69) is 14.7 Å². The fourth-order valence-electron chi connectivity index (χ4n) is 2.51. The van der Waals surface area contributed by atoms with E-state index >= 15 is 0 Å². The number of nitrogens with zero attached hydrogens (tertiary/aromatic N) is 2. The Morgan fingerprint density at radius 1 is 1.08 bits per heavy atom. The van der Waals surface area contributed by atoms with Crippen LogP contribution in [-0.4, -0.2) is 31.8 Å². The van der Waals surface area contributed by atoms with E-state index in [9.17, 15) is 8.42 Å². The van der Waals surface area contributed by atoms with Crippen molar-refractivity contribution < 1.29 is 13.2 Å². The van der Waals surface area contributed by atoms with Crippen molar-refractivity contribution in [1.82, 2.24) is 9.97 Å². The smallest absolute Gasteiger partial charge is 0.230 e. The topological polar surface area (TPSA) is 81.2 Å². The minimum absolute atomic E-state index is 0.285. The molecule has 0 saturated heterocycles. The summed E-state index contributed by atoms with van der Waals surface area (Å²) in [6.45, 7) is 1.93. The molecule has 0 amide bonds. The lowest BCUT2D eigenvalue weighted by Crippen LogP contribution is -2.10. The average Bonchev–Trinajstić information content (AvgIpc) is 2.53. The third kappa shape index (κ3) is 3.30. The predicted octanol–water partition coefficient (Wildman–Crippen LogP) is 2.99. The molecule has 0 fully saturated rings. The van der Waals surface area contributed by atoms with Gasteiger partial charge < -0.3 is 4.74 Å². The first-order valence-electron chi connectivity index (χ1n) is 7.26. The van der Waals surface area contributed by atoms with Gasteiger partial charge in [0, 0.05) is 22.8 Å². The van der Waals surface area contributed by atoms with Crippen LogP contribution in [-0.2, 0) is 10.0 Å². The van der Waals surface area contributed by atoms with Gasteiger partial charge in [0.2, 0.25) is 10.0 Å². The van der Waals surface area contributed by atoms with Crippen LogP contribution in [0.4, 0.5) is 5.82 Å². The minimum Gasteiger partial charge on any atom is -0.494 e. The summed E-state index contributed by atoms with van der Waals surface area (Å²) in [5, 5.41) is 0.950. The van der Waals surface area contributed by atoms with E-state index in [0.29, 0.717) is 5.75 Å². The van der Waals surface area contributed by atoms with Gasteiger partial charge in [-0.1, -0.05) is 6.07 Å². The normalized spacial score (nSPS) is 11.5. The van der Waals surface area contributed by atoms with Crippen molar-refractivity contribution in [3.8, 4) is 16.9 Å². The van der Waals surface area contributed by atoms with Crippen molar-refractivity contribution in [3.63, 3.8) is 0 Å². The highest BCUT2D eigenvalue weighted by molar-refractivity contribution is 7.92. The van der Waals surface area contributed by atoms with Crippen LogP contribution in [0.1, 0.15) is 5.69 Å². The first kappa shape index (κ1) is 16.2. The highest BCUT2D eigenvalue weighted by Crippen LogP contribution is 2.33. The number of aromatic nitrogens is 2. The van der Waals surface area contributed by atoms with E-state index in [1.54, 1.807) is 19.4 Å². The standard InChI is InChI=1S/C17H17N3O3S/c1-11-4-6-14-13(7-8-15(23-2)17(14)19-11)12-5-9-16(18-10-12)20-24(3,21)22/h4-10H,1-3H3,(H,18,20). The van der Waals surface area contributed by atoms with Crippen molar-refractivity contribution in [2.75, 3.05) is 18.1 Å². The number of fused-ring (bicyclic) bond motifs is 1. The molecular formula is C17H17N3O3S. The zero-order valence-corrected chi connectivity index (χ0v) is 14.4. The van der Waals surface area contributed by atoms with E-state index in [4.69, 9.17) is 4.74 Å². The Morgan fingerprint density at radius 3 is 2.50 bits per heavy atom. The Hall–Kier alpha value is -2.67. The van der Waals surface area contributed by atoms with Crippen molar-refractivity contribution >= 4 is 26.7 Å². The molecule has 0 aliphatic heterocycles. The van der Waals surface area contributed by atoms with Gasteiger partial charge in [-0.05, 0) is 42.8 Å². The summed E-state index contributed by atoms with van der Waals surface area (Å²) in [4.78, 5) is 8.73. The molecule has 3 aromatic rings. The maximum absolute atomic E-state index is 11.3. The van der Waals surface area contributed by atoms with Gasteiger partial charge in [0.15, 0.2) is 0 Å². The lowest BCUT2D eigenvalue weighted by atomic mass is 10.0. The number of benzene rings is 1. The Labute approximate surface area is 140 Å². The largest absolute Gasteiger partial charge is 0.494 e. The number of hydrogen-bond acceptors (Lipinski definition) is 5. The van der Waals surface area contributed by atoms with E-state index in [1.165, 1.54) is 0 Å². The number of ether oxygens (including phenoxy) is 1. The second kappa shape index (κ2) is 6.09. The summed E-state index contributed by atoms with van der Waals surface area (Å²) in [7, 11) is -1.73. The van der Waals surface area contributed by atoms with Crippen LogP contribution in [0.15, 0.2) is 42.6 Å². The summed E-state index contributed by atoms with van der Waals surface area (Å²) >= 11 is 0. The van der Waals surface area contributed by atoms with Crippen molar-refractivity contribution in [2.45, 2.75) is 6.92 Å². The van der Waals surface area contributed by atoms with Crippen LogP contribution in [0.3, 0.4) is 0 Å². The molecule has 1 aromatic carbocycles. The summed E-state index contributed by atoms with van der Waals surface area (Å²) < 4.78 is 30.3. The molecule has 1 N–H and O–H groups in total. The third-order valence-corrected chi connectivity index (χ3v) is 4.12. The molecule has 0 aliphatic rings. The maximum atomic E-state index is 11.3. The van der Waals surface area contributed by atoms with Crippen LogP contribution in [0.25, 0.3) is 22.0 Å². The van der Waals surface area contributed by atoms with Gasteiger partial charge >= 0.3 is 0 Å². The highest BCUT2D eigenvalue weighted by Gasteiger charge is 2.11. The molecule has 0 bridgehead atoms. The predicted molar refractivity (Wildman–Crippen MR) is 94.7 cm³/mol. The van der Waals surface area contributed by atoms with Crippen LogP contribution < -0.4 is 9.46 Å². The van der Waals surface area contributed by atoms with Gasteiger partial charge in [-0.25, -0.2) is 18.4 Å². The van der Waals surface area contributed by atoms with Gasteiger partial charge in [-0.15, -0.1) is 0 Å². The van der Waals surface area contributed by atoms with E-state index in [0.717, 1.165) is 34.0 Å². The zero-order chi connectivity index (χ0) is 17.3. The van der Waals surface area contributed by atoms with E-state index in [-0.39, 0.29) is 5.82 Å². The molecular weight excluding hydrogens is 326 g/mol. The quantitative estimate of drug-likeness (QED) is 0.787. The minimum atomic E-state index is -3.34. The van der Waals surface area contributed by atoms with Crippen LogP contribution >= 0.6 is 0 Å². The zero-order valence-electron chi connectivity index (χ0n) is 13.6. The molecule has 7 heteroatoms. The Kier molecular flexibility index (Phi) is 4.11. The van der Waals surface area contributed by atoms with Crippen LogP contribution in [0, 0.1) is 6.92 Å².